The molecule has 0 fully saturated rings. The number of rotatable bonds is 4. The van der Waals surface area contributed by atoms with Gasteiger partial charge in [0.2, 0.25) is 0 Å². The Balaban J connectivity index is 0.00000312. The summed E-state index contributed by atoms with van der Waals surface area (Å²) in [5.41, 5.74) is 5.91. The second-order valence-corrected chi connectivity index (χ2v) is 5.77. The Hall–Kier alpha value is -2.57. The van der Waals surface area contributed by atoms with Crippen LogP contribution in [0.25, 0.3) is 11.1 Å². The van der Waals surface area contributed by atoms with Crippen LogP contribution in [0.15, 0.2) is 35.1 Å². The minimum Gasteiger partial charge on any atom is -1.00 e. The molecule has 0 bridgehead atoms. The Morgan fingerprint density at radius 1 is 1.40 bits per heavy atom. The van der Waals surface area contributed by atoms with E-state index >= 15 is 0 Å². The van der Waals surface area contributed by atoms with E-state index in [0.29, 0.717) is 11.3 Å². The number of aromatic amines is 1. The molecular formula is C16H15BrN4O3S. The average Bonchev–Trinajstić information content (AvgIpc) is 2.59. The molecule has 9 heteroatoms. The number of hydrogen-bond acceptors (Lipinski definition) is 5. The van der Waals surface area contributed by atoms with E-state index in [9.17, 15) is 14.9 Å². The lowest BCUT2D eigenvalue weighted by Crippen LogP contribution is -3.00. The van der Waals surface area contributed by atoms with Crippen molar-refractivity contribution in [3.05, 3.63) is 57.5 Å². The molecule has 25 heavy (non-hydrogen) atoms. The van der Waals surface area contributed by atoms with Gasteiger partial charge in [-0.15, -0.1) is 0 Å². The highest BCUT2D eigenvalue weighted by atomic mass is 79.9. The Kier molecular flexibility index (Phi) is 7.42. The van der Waals surface area contributed by atoms with E-state index in [4.69, 9.17) is 15.9 Å². The van der Waals surface area contributed by atoms with Crippen molar-refractivity contribution in [3.63, 3.8) is 0 Å². The topological polar surface area (TPSA) is 135 Å². The van der Waals surface area contributed by atoms with E-state index in [1.807, 2.05) is 6.07 Å². The summed E-state index contributed by atoms with van der Waals surface area (Å²) >= 11 is 1.06. The number of nitrogens with one attached hydrogen (secondary N) is 1. The van der Waals surface area contributed by atoms with Crippen LogP contribution in [0.5, 0.6) is 0 Å². The van der Waals surface area contributed by atoms with Crippen LogP contribution in [0.2, 0.25) is 0 Å². The molecule has 0 atom stereocenters. The smallest absolute Gasteiger partial charge is 0.340 e. The van der Waals surface area contributed by atoms with Gasteiger partial charge in [-0.25, -0.2) is 4.79 Å². The molecule has 1 aromatic carbocycles. The number of nitrogens with zero attached hydrogens (tertiary/aromatic N) is 1. The third kappa shape index (κ3) is 4.49. The largest absolute Gasteiger partial charge is 1.00 e. The van der Waals surface area contributed by atoms with Crippen molar-refractivity contribution in [1.29, 1.82) is 5.26 Å². The number of thioether (sulfide) groups is 1. The van der Waals surface area contributed by atoms with Gasteiger partial charge >= 0.3 is 5.97 Å². The molecule has 0 aliphatic rings. The highest BCUT2D eigenvalue weighted by Crippen LogP contribution is 2.29. The van der Waals surface area contributed by atoms with Gasteiger partial charge in [-0.3, -0.25) is 15.9 Å². The summed E-state index contributed by atoms with van der Waals surface area (Å²) in [5, 5.41) is 14.9. The van der Waals surface area contributed by atoms with Crippen LogP contribution in [0.1, 0.15) is 21.6 Å². The number of halogens is 1. The van der Waals surface area contributed by atoms with Gasteiger partial charge < -0.3 is 26.7 Å². The standard InChI is InChI=1S/C16H14N4O3S.BrH/c1-23-15(22)13-11(8-24-16(18)19)20-14(21)10(7-17)12(13)9-5-3-2-4-6-9;/h2-6H,8H2,1H3,(H3,18,19)(H,20,21);1H. The molecule has 7 nitrogen and oxygen atoms in total. The van der Waals surface area contributed by atoms with E-state index in [1.165, 1.54) is 7.11 Å². The predicted molar refractivity (Wildman–Crippen MR) is 91.0 cm³/mol. The fraction of sp³-hybridized carbons (Fsp3) is 0.125. The van der Waals surface area contributed by atoms with Crippen LogP contribution in [0.3, 0.4) is 0 Å². The van der Waals surface area contributed by atoms with Gasteiger partial charge in [-0.2, -0.15) is 5.26 Å². The van der Waals surface area contributed by atoms with Crippen LogP contribution < -0.4 is 33.7 Å². The number of carbonyl (C=O) groups is 1. The molecule has 0 aliphatic heterocycles. The van der Waals surface area contributed by atoms with Crippen LogP contribution >= 0.6 is 11.8 Å². The average molecular weight is 423 g/mol. The van der Waals surface area contributed by atoms with Crippen molar-refractivity contribution in [2.75, 3.05) is 7.11 Å². The Labute approximate surface area is 158 Å². The first kappa shape index (κ1) is 20.5. The zero-order valence-corrected chi connectivity index (χ0v) is 15.6. The van der Waals surface area contributed by atoms with Gasteiger partial charge in [0.25, 0.3) is 10.7 Å². The quantitative estimate of drug-likeness (QED) is 0.273. The molecule has 130 valence electrons. The van der Waals surface area contributed by atoms with Gasteiger partial charge in [0, 0.05) is 17.0 Å². The molecule has 0 unspecified atom stereocenters. The van der Waals surface area contributed by atoms with Crippen LogP contribution in [0, 0.1) is 11.3 Å². The van der Waals surface area contributed by atoms with Gasteiger partial charge in [-0.05, 0) is 17.3 Å². The van der Waals surface area contributed by atoms with Gasteiger partial charge in [0.05, 0.1) is 12.7 Å². The molecule has 0 saturated heterocycles. The van der Waals surface area contributed by atoms with Crippen molar-refractivity contribution in [1.82, 2.24) is 4.98 Å². The molecule has 0 amide bonds. The maximum absolute atomic E-state index is 12.3. The van der Waals surface area contributed by atoms with Gasteiger partial charge in [0.1, 0.15) is 11.6 Å². The third-order valence-electron chi connectivity index (χ3n) is 3.24. The maximum Gasteiger partial charge on any atom is 0.340 e. The normalized spacial score (nSPS) is 9.60. The first-order valence-electron chi connectivity index (χ1n) is 6.83. The van der Waals surface area contributed by atoms with Crippen molar-refractivity contribution < 1.29 is 31.9 Å². The molecule has 0 saturated carbocycles. The highest BCUT2D eigenvalue weighted by Gasteiger charge is 2.25. The summed E-state index contributed by atoms with van der Waals surface area (Å²) in [6.45, 7) is 0. The van der Waals surface area contributed by atoms with Crippen LogP contribution in [0.4, 0.5) is 0 Å². The Morgan fingerprint density at radius 2 is 2.04 bits per heavy atom. The van der Waals surface area contributed by atoms with Crippen molar-refractivity contribution >= 4 is 22.9 Å². The van der Waals surface area contributed by atoms with Crippen molar-refractivity contribution in [3.8, 4) is 17.2 Å². The second-order valence-electron chi connectivity index (χ2n) is 4.72. The lowest BCUT2D eigenvalue weighted by Gasteiger charge is -2.14. The monoisotopic (exact) mass is 422 g/mol. The molecule has 2 aromatic rings. The zero-order chi connectivity index (χ0) is 17.7. The number of esters is 1. The summed E-state index contributed by atoms with van der Waals surface area (Å²) < 4.78 is 4.84. The zero-order valence-electron chi connectivity index (χ0n) is 13.2. The number of nitriles is 1. The molecule has 2 rings (SSSR count). The maximum atomic E-state index is 12.3. The van der Waals surface area contributed by atoms with E-state index < -0.39 is 11.5 Å². The van der Waals surface area contributed by atoms with Crippen LogP contribution in [-0.2, 0) is 10.5 Å². The van der Waals surface area contributed by atoms with Crippen molar-refractivity contribution in [2.24, 2.45) is 5.73 Å². The molecule has 5 N–H and O–H groups in total. The number of hydrogen-bond donors (Lipinski definition) is 3. The summed E-state index contributed by atoms with van der Waals surface area (Å²) in [4.78, 5) is 27.1. The molecule has 1 heterocycles. The minimum atomic E-state index is -0.659. The third-order valence-corrected chi connectivity index (χ3v) is 4.01. The number of H-pyrrole nitrogens is 1. The number of ether oxygens (including phenoxy) is 1. The summed E-state index contributed by atoms with van der Waals surface area (Å²) in [5.74, 6) is -0.499. The number of amidine groups is 1. The molecule has 0 spiro atoms. The number of carbonyl (C=O) groups excluding carboxylic acids is 1. The lowest BCUT2D eigenvalue weighted by atomic mass is 9.95. The lowest BCUT2D eigenvalue weighted by molar-refractivity contribution is -0.110. The minimum absolute atomic E-state index is 0. The number of methoxy groups -OCH3 is 1. The highest BCUT2D eigenvalue weighted by molar-refractivity contribution is 8.12. The Morgan fingerprint density at radius 3 is 2.56 bits per heavy atom. The number of pyridine rings is 1. The molecule has 0 aliphatic carbocycles. The molecule has 1 aromatic heterocycles. The number of aromatic nitrogens is 1. The number of nitrogens with two attached hydrogens (primary N) is 2. The van der Waals surface area contributed by atoms with E-state index in [2.05, 4.69) is 4.98 Å². The second kappa shape index (κ2) is 9.05. The van der Waals surface area contributed by atoms with Gasteiger partial charge in [-0.1, -0.05) is 30.3 Å². The Bertz CT molecular complexity index is 891. The van der Waals surface area contributed by atoms with E-state index in [1.54, 1.807) is 30.3 Å². The first-order chi connectivity index (χ1) is 11.5. The van der Waals surface area contributed by atoms with E-state index in [-0.39, 0.29) is 44.6 Å². The molecular weight excluding hydrogens is 408 g/mol. The fourth-order valence-corrected chi connectivity index (χ4v) is 2.77. The summed E-state index contributed by atoms with van der Waals surface area (Å²) in [6, 6.07) is 10.6. The first-order valence-corrected chi connectivity index (χ1v) is 7.81. The predicted octanol–water partition coefficient (Wildman–Crippen LogP) is -2.99. The van der Waals surface area contributed by atoms with Crippen LogP contribution in [-0.4, -0.2) is 23.2 Å². The van der Waals surface area contributed by atoms with E-state index in [0.717, 1.165) is 11.8 Å². The van der Waals surface area contributed by atoms with Crippen molar-refractivity contribution in [2.45, 2.75) is 5.75 Å². The van der Waals surface area contributed by atoms with Gasteiger partial charge in [0.15, 0.2) is 0 Å². The summed E-state index contributed by atoms with van der Waals surface area (Å²) in [7, 11) is 1.23. The molecule has 0 radical (unpaired) electrons. The SMILES string of the molecule is COC(=O)c1c(CSC(N)=[NH2+])[nH]c(=O)c(C#N)c1-c1ccccc1.[Br-]. The fourth-order valence-electron chi connectivity index (χ4n) is 2.24. The summed E-state index contributed by atoms with van der Waals surface area (Å²) in [6.07, 6.45) is 0. The number of benzene rings is 1.